The van der Waals surface area contributed by atoms with E-state index in [1.54, 1.807) is 0 Å². The summed E-state index contributed by atoms with van der Waals surface area (Å²) < 4.78 is 0. The number of nitrogens with one attached hydrogen (secondary N) is 3. The van der Waals surface area contributed by atoms with Crippen LogP contribution in [-0.4, -0.2) is 17.1 Å². The van der Waals surface area contributed by atoms with Crippen molar-refractivity contribution in [2.45, 2.75) is 6.54 Å². The molecule has 0 bridgehead atoms. The van der Waals surface area contributed by atoms with Crippen molar-refractivity contribution >= 4 is 28.2 Å². The van der Waals surface area contributed by atoms with Crippen LogP contribution in [-0.2, 0) is 6.54 Å². The Kier molecular flexibility index (Phi) is 2.87. The van der Waals surface area contributed by atoms with Gasteiger partial charge in [-0.3, -0.25) is 0 Å². The van der Waals surface area contributed by atoms with Gasteiger partial charge in [0.2, 0.25) is 0 Å². The van der Waals surface area contributed by atoms with Gasteiger partial charge in [0.05, 0.1) is 0 Å². The number of hydrogen-bond donors (Lipinski definition) is 3. The lowest BCUT2D eigenvalue weighted by Crippen LogP contribution is -2.31. The van der Waals surface area contributed by atoms with E-state index in [2.05, 4.69) is 27.8 Å². The van der Waals surface area contributed by atoms with Gasteiger partial charge in [0.1, 0.15) is 0 Å². The molecular weight excluding hydrogens is 206 g/mol. The molecule has 0 spiro atoms. The van der Waals surface area contributed by atoms with E-state index in [0.29, 0.717) is 5.11 Å². The minimum Gasteiger partial charge on any atom is -0.366 e. The molecule has 3 nitrogen and oxygen atoms in total. The molecule has 78 valence electrons. The number of H-pyrrole nitrogens is 1. The summed E-state index contributed by atoms with van der Waals surface area (Å²) in [6, 6.07) is 8.23. The summed E-state index contributed by atoms with van der Waals surface area (Å²) in [4.78, 5) is 3.23. The fraction of sp³-hybridized carbons (Fsp3) is 0.182. The number of benzene rings is 1. The van der Waals surface area contributed by atoms with E-state index in [9.17, 15) is 0 Å². The molecule has 0 fully saturated rings. The highest BCUT2D eigenvalue weighted by atomic mass is 32.1. The monoisotopic (exact) mass is 219 g/mol. The molecule has 1 aromatic carbocycles. The normalized spacial score (nSPS) is 10.2. The van der Waals surface area contributed by atoms with Crippen molar-refractivity contribution in [3.8, 4) is 0 Å². The molecular formula is C11H13N3S. The molecule has 0 atom stereocenters. The van der Waals surface area contributed by atoms with Crippen molar-refractivity contribution in [3.63, 3.8) is 0 Å². The SMILES string of the molecule is CNC(=S)NCc1c[nH]c2ccccc12. The summed E-state index contributed by atoms with van der Waals surface area (Å²) in [7, 11) is 1.81. The fourth-order valence-corrected chi connectivity index (χ4v) is 1.61. The third-order valence-corrected chi connectivity index (χ3v) is 2.69. The van der Waals surface area contributed by atoms with Gasteiger partial charge >= 0.3 is 0 Å². The predicted octanol–water partition coefficient (Wildman–Crippen LogP) is 1.76. The smallest absolute Gasteiger partial charge is 0.166 e. The van der Waals surface area contributed by atoms with Gasteiger partial charge in [0.15, 0.2) is 5.11 Å². The molecule has 1 aromatic heterocycles. The molecule has 1 heterocycles. The van der Waals surface area contributed by atoms with Gasteiger partial charge in [-0.05, 0) is 23.8 Å². The summed E-state index contributed by atoms with van der Waals surface area (Å²) >= 11 is 5.02. The summed E-state index contributed by atoms with van der Waals surface area (Å²) in [5, 5.41) is 7.92. The van der Waals surface area contributed by atoms with Gasteiger partial charge < -0.3 is 15.6 Å². The maximum atomic E-state index is 5.02. The lowest BCUT2D eigenvalue weighted by atomic mass is 10.2. The maximum absolute atomic E-state index is 5.02. The number of thiocarbonyl (C=S) groups is 1. The Bertz CT molecular complexity index is 475. The zero-order valence-electron chi connectivity index (χ0n) is 8.50. The van der Waals surface area contributed by atoms with Gasteiger partial charge in [-0.1, -0.05) is 18.2 Å². The van der Waals surface area contributed by atoms with Crippen molar-refractivity contribution in [2.24, 2.45) is 0 Å². The van der Waals surface area contributed by atoms with Crippen LogP contribution in [0.2, 0.25) is 0 Å². The highest BCUT2D eigenvalue weighted by Crippen LogP contribution is 2.16. The quantitative estimate of drug-likeness (QED) is 0.674. The van der Waals surface area contributed by atoms with E-state index < -0.39 is 0 Å². The standard InChI is InChI=1S/C11H13N3S/c1-12-11(15)14-7-8-6-13-10-5-3-2-4-9(8)10/h2-6,13H,7H2,1H3,(H2,12,14,15). The van der Waals surface area contributed by atoms with Gasteiger partial charge in [0, 0.05) is 30.7 Å². The number of aromatic nitrogens is 1. The van der Waals surface area contributed by atoms with Crippen LogP contribution in [0.4, 0.5) is 0 Å². The lowest BCUT2D eigenvalue weighted by molar-refractivity contribution is 0.897. The first-order valence-corrected chi connectivity index (χ1v) is 5.22. The van der Waals surface area contributed by atoms with Crippen LogP contribution in [0.15, 0.2) is 30.5 Å². The van der Waals surface area contributed by atoms with Crippen molar-refractivity contribution in [1.82, 2.24) is 15.6 Å². The summed E-state index contributed by atoms with van der Waals surface area (Å²) in [6.45, 7) is 0.740. The van der Waals surface area contributed by atoms with E-state index >= 15 is 0 Å². The Hall–Kier alpha value is -1.55. The summed E-state index contributed by atoms with van der Waals surface area (Å²) in [5.41, 5.74) is 2.38. The molecule has 0 saturated carbocycles. The van der Waals surface area contributed by atoms with Crippen LogP contribution in [0.3, 0.4) is 0 Å². The van der Waals surface area contributed by atoms with Crippen LogP contribution in [0.25, 0.3) is 10.9 Å². The Morgan fingerprint density at radius 3 is 3.00 bits per heavy atom. The number of fused-ring (bicyclic) bond motifs is 1. The van der Waals surface area contributed by atoms with E-state index in [1.807, 2.05) is 25.4 Å². The molecule has 0 unspecified atom stereocenters. The average molecular weight is 219 g/mol. The summed E-state index contributed by atoms with van der Waals surface area (Å²) in [5.74, 6) is 0. The van der Waals surface area contributed by atoms with Crippen molar-refractivity contribution in [3.05, 3.63) is 36.0 Å². The second-order valence-corrected chi connectivity index (χ2v) is 3.70. The third kappa shape index (κ3) is 2.10. The molecule has 4 heteroatoms. The zero-order chi connectivity index (χ0) is 10.7. The Morgan fingerprint density at radius 2 is 2.20 bits per heavy atom. The molecule has 15 heavy (non-hydrogen) atoms. The highest BCUT2D eigenvalue weighted by Gasteiger charge is 2.02. The van der Waals surface area contributed by atoms with Crippen LogP contribution in [0.1, 0.15) is 5.56 Å². The molecule has 0 amide bonds. The van der Waals surface area contributed by atoms with Crippen LogP contribution in [0, 0.1) is 0 Å². The second kappa shape index (κ2) is 4.31. The minimum absolute atomic E-state index is 0.667. The average Bonchev–Trinajstić information content (AvgIpc) is 2.69. The van der Waals surface area contributed by atoms with Crippen LogP contribution >= 0.6 is 12.2 Å². The van der Waals surface area contributed by atoms with Gasteiger partial charge in [-0.25, -0.2) is 0 Å². The number of aromatic amines is 1. The Labute approximate surface area is 93.9 Å². The molecule has 0 aliphatic carbocycles. The number of hydrogen-bond acceptors (Lipinski definition) is 1. The summed E-state index contributed by atoms with van der Waals surface area (Å²) in [6.07, 6.45) is 2.01. The van der Waals surface area contributed by atoms with Gasteiger partial charge in [-0.2, -0.15) is 0 Å². The third-order valence-electron chi connectivity index (χ3n) is 2.34. The van der Waals surface area contributed by atoms with Gasteiger partial charge in [0.25, 0.3) is 0 Å². The molecule has 2 aromatic rings. The topological polar surface area (TPSA) is 39.8 Å². The lowest BCUT2D eigenvalue weighted by Gasteiger charge is -2.05. The van der Waals surface area contributed by atoms with Gasteiger partial charge in [-0.15, -0.1) is 0 Å². The first-order chi connectivity index (χ1) is 7.31. The second-order valence-electron chi connectivity index (χ2n) is 3.29. The largest absolute Gasteiger partial charge is 0.366 e. The Morgan fingerprint density at radius 1 is 1.40 bits per heavy atom. The zero-order valence-corrected chi connectivity index (χ0v) is 9.32. The van der Waals surface area contributed by atoms with E-state index in [4.69, 9.17) is 12.2 Å². The molecule has 2 rings (SSSR count). The predicted molar refractivity (Wildman–Crippen MR) is 66.8 cm³/mol. The Balaban J connectivity index is 2.18. The first-order valence-electron chi connectivity index (χ1n) is 4.82. The molecule has 0 radical (unpaired) electrons. The maximum Gasteiger partial charge on any atom is 0.166 e. The molecule has 0 saturated heterocycles. The molecule has 0 aliphatic heterocycles. The van der Waals surface area contributed by atoms with E-state index in [1.165, 1.54) is 10.9 Å². The highest BCUT2D eigenvalue weighted by molar-refractivity contribution is 7.80. The molecule has 0 aliphatic rings. The van der Waals surface area contributed by atoms with Crippen LogP contribution in [0.5, 0.6) is 0 Å². The molecule has 3 N–H and O–H groups in total. The van der Waals surface area contributed by atoms with E-state index in [0.717, 1.165) is 12.1 Å². The van der Waals surface area contributed by atoms with Crippen LogP contribution < -0.4 is 10.6 Å². The van der Waals surface area contributed by atoms with E-state index in [-0.39, 0.29) is 0 Å². The first kappa shape index (κ1) is 9.98. The van der Waals surface area contributed by atoms with Crippen molar-refractivity contribution in [2.75, 3.05) is 7.05 Å². The fourth-order valence-electron chi connectivity index (χ4n) is 1.54. The van der Waals surface area contributed by atoms with Crippen molar-refractivity contribution in [1.29, 1.82) is 0 Å². The minimum atomic E-state index is 0.667. The number of para-hydroxylation sites is 1. The number of rotatable bonds is 2. The van der Waals surface area contributed by atoms with Crippen molar-refractivity contribution < 1.29 is 0 Å².